The molecule has 0 bridgehead atoms. The van der Waals surface area contributed by atoms with Crippen LogP contribution in [0.3, 0.4) is 0 Å². The van der Waals surface area contributed by atoms with Crippen molar-refractivity contribution in [1.82, 2.24) is 0 Å². The van der Waals surface area contributed by atoms with E-state index in [1.54, 1.807) is 6.92 Å². The average Bonchev–Trinajstić information content (AvgIpc) is 3.63. The number of Topliss-reactive ketones (excluding diaryl/α,β-unsaturated/α-hetero) is 2. The number of aliphatic hydroxyl groups excluding tert-OH is 3. The Morgan fingerprint density at radius 1 is 0.800 bits per heavy atom. The fourth-order valence-electron chi connectivity index (χ4n) is 8.13. The molecule has 2 aliphatic heterocycles. The number of ketones is 2. The first-order chi connectivity index (χ1) is 23.2. The molecule has 0 saturated carbocycles. The Bertz CT molecular complexity index is 1110. The van der Waals surface area contributed by atoms with Gasteiger partial charge >= 0.3 is 5.97 Å². The average molecular weight is 709 g/mol. The highest BCUT2D eigenvalue weighted by Crippen LogP contribution is 2.45. The van der Waals surface area contributed by atoms with Crippen molar-refractivity contribution >= 4 is 17.5 Å². The molecule has 0 aromatic rings. The molecule has 0 radical (unpaired) electrons. The van der Waals surface area contributed by atoms with E-state index in [-0.39, 0.29) is 78.0 Å². The van der Waals surface area contributed by atoms with Gasteiger partial charge in [0.25, 0.3) is 0 Å². The Morgan fingerprint density at radius 3 is 1.96 bits per heavy atom. The first kappa shape index (κ1) is 44.5. The molecule has 2 rings (SSSR count). The molecule has 0 aromatic carbocycles. The molecular weight excluding hydrogens is 636 g/mol. The van der Waals surface area contributed by atoms with Gasteiger partial charge in [-0.2, -0.15) is 0 Å². The summed E-state index contributed by atoms with van der Waals surface area (Å²) in [6, 6.07) is 0. The van der Waals surface area contributed by atoms with E-state index in [0.29, 0.717) is 25.7 Å². The minimum atomic E-state index is -0.783. The molecule has 2 fully saturated rings. The molecule has 290 valence electrons. The number of aliphatic carboxylic acids is 1. The van der Waals surface area contributed by atoms with Gasteiger partial charge in [-0.25, -0.2) is 0 Å². The minimum Gasteiger partial charge on any atom is -0.481 e. The lowest BCUT2D eigenvalue weighted by Crippen LogP contribution is -2.44. The van der Waals surface area contributed by atoms with E-state index in [1.807, 2.05) is 47.6 Å². The second-order valence-corrected chi connectivity index (χ2v) is 17.3. The van der Waals surface area contributed by atoms with Gasteiger partial charge in [-0.15, -0.1) is 0 Å². The topological polar surface area (TPSA) is 151 Å². The molecule has 9 nitrogen and oxygen atoms in total. The first-order valence-electron chi connectivity index (χ1n) is 19.5. The number of carboxylic acids is 1. The Hall–Kier alpha value is -1.65. The van der Waals surface area contributed by atoms with Crippen molar-refractivity contribution < 1.29 is 44.3 Å². The van der Waals surface area contributed by atoms with E-state index in [1.165, 1.54) is 0 Å². The van der Waals surface area contributed by atoms with Gasteiger partial charge in [0.15, 0.2) is 0 Å². The summed E-state index contributed by atoms with van der Waals surface area (Å²) in [6.45, 7) is 19.6. The van der Waals surface area contributed by atoms with Gasteiger partial charge in [-0.1, -0.05) is 60.6 Å². The number of aliphatic hydroxyl groups is 3. The number of ether oxygens (including phenoxy) is 2. The molecule has 0 spiro atoms. The highest BCUT2D eigenvalue weighted by atomic mass is 16.6. The number of allylic oxidation sites excluding steroid dienone is 1. The third-order valence-electron chi connectivity index (χ3n) is 12.1. The minimum absolute atomic E-state index is 0.0184. The van der Waals surface area contributed by atoms with Crippen LogP contribution in [0.15, 0.2) is 12.2 Å². The number of carboxylic acid groups (broad SMARTS) is 1. The van der Waals surface area contributed by atoms with Crippen LogP contribution in [-0.2, 0) is 23.9 Å². The quantitative estimate of drug-likeness (QED) is 0.0633. The highest BCUT2D eigenvalue weighted by Gasteiger charge is 2.51. The fourth-order valence-corrected chi connectivity index (χ4v) is 8.13. The second-order valence-electron chi connectivity index (χ2n) is 17.3. The van der Waals surface area contributed by atoms with Crippen LogP contribution in [0.1, 0.15) is 146 Å². The van der Waals surface area contributed by atoms with Crippen molar-refractivity contribution in [1.29, 1.82) is 0 Å². The van der Waals surface area contributed by atoms with E-state index < -0.39 is 35.5 Å². The van der Waals surface area contributed by atoms with E-state index in [9.17, 15) is 29.7 Å². The Labute approximate surface area is 303 Å². The summed E-state index contributed by atoms with van der Waals surface area (Å²) in [6.07, 6.45) is 9.30. The van der Waals surface area contributed by atoms with Gasteiger partial charge in [0.1, 0.15) is 11.6 Å². The number of hydrogen-bond donors (Lipinski definition) is 4. The number of carbonyl (C=O) groups excluding carboxylic acids is 2. The zero-order valence-corrected chi connectivity index (χ0v) is 32.9. The third kappa shape index (κ3) is 13.7. The molecule has 2 aliphatic rings. The first-order valence-corrected chi connectivity index (χ1v) is 19.5. The maximum atomic E-state index is 12.9. The third-order valence-corrected chi connectivity index (χ3v) is 12.1. The smallest absolute Gasteiger partial charge is 0.303 e. The maximum absolute atomic E-state index is 12.9. The summed E-state index contributed by atoms with van der Waals surface area (Å²) in [7, 11) is 0. The monoisotopic (exact) mass is 709 g/mol. The summed E-state index contributed by atoms with van der Waals surface area (Å²) in [5, 5.41) is 41.2. The summed E-state index contributed by atoms with van der Waals surface area (Å²) < 4.78 is 12.7. The van der Waals surface area contributed by atoms with E-state index >= 15 is 0 Å². The molecule has 2 saturated heterocycles. The Balaban J connectivity index is 1.73. The van der Waals surface area contributed by atoms with Gasteiger partial charge in [0.2, 0.25) is 0 Å². The molecule has 50 heavy (non-hydrogen) atoms. The van der Waals surface area contributed by atoms with Gasteiger partial charge in [0, 0.05) is 30.1 Å². The van der Waals surface area contributed by atoms with Crippen LogP contribution < -0.4 is 0 Å². The van der Waals surface area contributed by atoms with Crippen LogP contribution in [0.5, 0.6) is 0 Å². The van der Waals surface area contributed by atoms with Crippen molar-refractivity contribution in [2.45, 2.75) is 188 Å². The van der Waals surface area contributed by atoms with Crippen LogP contribution in [0.4, 0.5) is 0 Å². The molecule has 0 aromatic heterocycles. The SMILES string of the molecule is C[C@H](CCC(=O)O)C[C@H](C)C[C@H](C)C(=O)CC(=O)[C@H](C)C[C@H](C)C/C=C\[C@@H](C)[C@@H](O)[C@@H](C)[C@@H](O)C[C@@H]1CC[C@@](C)([C@H]2CC[C@@](C)([C@@H](C)O)O2)O1. The molecular formula is C41H72O9. The largest absolute Gasteiger partial charge is 0.481 e. The van der Waals surface area contributed by atoms with Gasteiger partial charge in [0.05, 0.1) is 48.1 Å². The zero-order valence-electron chi connectivity index (χ0n) is 32.9. The fraction of sp³-hybridized carbons (Fsp3) is 0.878. The van der Waals surface area contributed by atoms with E-state index in [2.05, 4.69) is 26.8 Å². The van der Waals surface area contributed by atoms with Crippen molar-refractivity contribution in [3.63, 3.8) is 0 Å². The van der Waals surface area contributed by atoms with Crippen LogP contribution in [0.2, 0.25) is 0 Å². The number of rotatable bonds is 23. The van der Waals surface area contributed by atoms with Crippen molar-refractivity contribution in [2.75, 3.05) is 0 Å². The molecule has 0 amide bonds. The van der Waals surface area contributed by atoms with Crippen LogP contribution in [-0.4, -0.2) is 79.7 Å². The molecule has 2 heterocycles. The summed E-state index contributed by atoms with van der Waals surface area (Å²) in [5.74, 6) is -0.948. The Kier molecular flexibility index (Phi) is 17.8. The van der Waals surface area contributed by atoms with E-state index in [4.69, 9.17) is 14.6 Å². The molecule has 0 unspecified atom stereocenters. The Morgan fingerprint density at radius 2 is 1.40 bits per heavy atom. The molecule has 0 aliphatic carbocycles. The normalized spacial score (nSPS) is 30.3. The van der Waals surface area contributed by atoms with Crippen molar-refractivity contribution in [3.05, 3.63) is 12.2 Å². The summed E-state index contributed by atoms with van der Waals surface area (Å²) >= 11 is 0. The lowest BCUT2D eigenvalue weighted by Gasteiger charge is -2.35. The lowest BCUT2D eigenvalue weighted by molar-refractivity contribution is -0.172. The van der Waals surface area contributed by atoms with Crippen molar-refractivity contribution in [2.24, 2.45) is 41.4 Å². The zero-order chi connectivity index (χ0) is 38.0. The molecule has 4 N–H and O–H groups in total. The maximum Gasteiger partial charge on any atom is 0.303 e. The molecule has 14 atom stereocenters. The summed E-state index contributed by atoms with van der Waals surface area (Å²) in [4.78, 5) is 36.6. The summed E-state index contributed by atoms with van der Waals surface area (Å²) in [5.41, 5.74) is -1.01. The van der Waals surface area contributed by atoms with Crippen LogP contribution in [0.25, 0.3) is 0 Å². The van der Waals surface area contributed by atoms with Crippen molar-refractivity contribution in [3.8, 4) is 0 Å². The number of hydrogen-bond acceptors (Lipinski definition) is 8. The predicted octanol–water partition coefficient (Wildman–Crippen LogP) is 7.32. The standard InChI is InChI=1S/C41H72O9/c1-25(21-29(5)34(43)24-35(44)30(6)22-27(3)20-26(2)14-15-38(46)47)12-11-13-28(4)39(48)31(7)36(45)23-33-16-18-41(10,49-33)37-17-19-40(9,50-37)32(8)42/h11,13,25-33,36-37,39,42,45,48H,12,14-24H2,1-10H3,(H,46,47)/b13-11-/t25-,26-,27+,28-,29-,30+,31+,32-,33+,36+,37-,39-,40+,41+/m1/s1. The van der Waals surface area contributed by atoms with Gasteiger partial charge < -0.3 is 29.9 Å². The van der Waals surface area contributed by atoms with Gasteiger partial charge in [-0.3, -0.25) is 14.4 Å². The van der Waals surface area contributed by atoms with Gasteiger partial charge in [-0.05, 0) is 103 Å². The van der Waals surface area contributed by atoms with Crippen LogP contribution in [0, 0.1) is 41.4 Å². The highest BCUT2D eigenvalue weighted by molar-refractivity contribution is 6.00. The van der Waals surface area contributed by atoms with E-state index in [0.717, 1.165) is 38.5 Å². The molecule has 9 heteroatoms. The second kappa shape index (κ2) is 20.0. The van der Waals surface area contributed by atoms with Crippen LogP contribution >= 0.6 is 0 Å². The predicted molar refractivity (Wildman–Crippen MR) is 197 cm³/mol. The lowest BCUT2D eigenvalue weighted by atomic mass is 9.83. The number of carbonyl (C=O) groups is 3.